The van der Waals surface area contributed by atoms with Crippen LogP contribution in [0.2, 0.25) is 0 Å². The Morgan fingerprint density at radius 1 is 0.424 bits per heavy atom. The third kappa shape index (κ3) is 4.99. The van der Waals surface area contributed by atoms with Crippen molar-refractivity contribution in [3.63, 3.8) is 0 Å². The fraction of sp³-hybridized carbons (Fsp3) is 0.0182. The molecule has 10 aromatic rings. The summed E-state index contributed by atoms with van der Waals surface area (Å²) in [6.45, 7) is 0. The molecule has 0 N–H and O–H groups in total. The zero-order valence-corrected chi connectivity index (χ0v) is 33.2. The lowest BCUT2D eigenvalue weighted by Crippen LogP contribution is -2.32. The predicted octanol–water partition coefficient (Wildman–Crippen LogP) is 13.9. The van der Waals surface area contributed by atoms with Crippen molar-refractivity contribution in [2.75, 3.05) is 4.90 Å². The van der Waals surface area contributed by atoms with E-state index in [1.807, 2.05) is 0 Å². The van der Waals surface area contributed by atoms with Gasteiger partial charge >= 0.3 is 0 Å². The Hall–Kier alpha value is -7.19. The second-order valence-electron chi connectivity index (χ2n) is 15.5. The van der Waals surface area contributed by atoms with Gasteiger partial charge < -0.3 is 14.2 Å². The van der Waals surface area contributed by atoms with Gasteiger partial charge in [-0.05, 0) is 99.9 Å². The van der Waals surface area contributed by atoms with Crippen LogP contribution >= 0.6 is 9.24 Å². The summed E-state index contributed by atoms with van der Waals surface area (Å²) in [6, 6.07) is 77.1. The van der Waals surface area contributed by atoms with E-state index >= 15 is 0 Å². The van der Waals surface area contributed by atoms with E-state index in [0.29, 0.717) is 0 Å². The average Bonchev–Trinajstić information content (AvgIpc) is 3.77. The molecule has 0 amide bonds. The highest BCUT2D eigenvalue weighted by Gasteiger charge is 2.51. The Morgan fingerprint density at radius 2 is 1.05 bits per heavy atom. The molecular weight excluding hydrogens is 736 g/mol. The van der Waals surface area contributed by atoms with Crippen molar-refractivity contribution in [3.05, 3.63) is 235 Å². The maximum Gasteiger partial charge on any atom is 0.140 e. The Balaban J connectivity index is 1.12. The van der Waals surface area contributed by atoms with E-state index in [0.717, 1.165) is 56.5 Å². The lowest BCUT2D eigenvalue weighted by molar-refractivity contribution is 0.438. The summed E-state index contributed by atoms with van der Waals surface area (Å²) in [4.78, 5) is 2.41. The van der Waals surface area contributed by atoms with Gasteiger partial charge in [-0.1, -0.05) is 146 Å². The van der Waals surface area contributed by atoms with E-state index in [9.17, 15) is 0 Å². The molecule has 0 bridgehead atoms. The molecule has 2 atom stereocenters. The van der Waals surface area contributed by atoms with Gasteiger partial charge in [0, 0.05) is 50.2 Å². The van der Waals surface area contributed by atoms with Gasteiger partial charge in [-0.15, -0.1) is 9.24 Å². The minimum atomic E-state index is -0.622. The van der Waals surface area contributed by atoms with E-state index in [1.165, 1.54) is 49.4 Å². The number of hydrogen-bond donors (Lipinski definition) is 0. The molecule has 1 spiro atoms. The van der Waals surface area contributed by atoms with Gasteiger partial charge in [0.2, 0.25) is 0 Å². The predicted molar refractivity (Wildman–Crippen MR) is 248 cm³/mol. The van der Waals surface area contributed by atoms with Gasteiger partial charge in [0.1, 0.15) is 11.5 Å². The van der Waals surface area contributed by atoms with Crippen molar-refractivity contribution in [3.8, 4) is 39.4 Å². The van der Waals surface area contributed by atoms with Gasteiger partial charge in [-0.2, -0.15) is 0 Å². The maximum absolute atomic E-state index is 7.00. The molecule has 0 fully saturated rings. The third-order valence-electron chi connectivity index (χ3n) is 12.4. The van der Waals surface area contributed by atoms with Crippen LogP contribution in [0.1, 0.15) is 22.3 Å². The first-order valence-corrected chi connectivity index (χ1v) is 20.7. The minimum absolute atomic E-state index is 0.622. The van der Waals surface area contributed by atoms with E-state index < -0.39 is 5.41 Å². The number of hydrogen-bond acceptors (Lipinski definition) is 2. The fourth-order valence-corrected chi connectivity index (χ4v) is 10.1. The third-order valence-corrected chi connectivity index (χ3v) is 12.8. The molecule has 2 aliphatic rings. The summed E-state index contributed by atoms with van der Waals surface area (Å²) in [5.74, 6) is 1.78. The summed E-state index contributed by atoms with van der Waals surface area (Å²) in [7, 11) is 2.81. The second kappa shape index (κ2) is 13.2. The van der Waals surface area contributed by atoms with Crippen molar-refractivity contribution in [2.24, 2.45) is 0 Å². The van der Waals surface area contributed by atoms with Gasteiger partial charge in [-0.25, -0.2) is 0 Å². The molecule has 1 aliphatic carbocycles. The first-order valence-electron chi connectivity index (χ1n) is 20.1. The van der Waals surface area contributed by atoms with Crippen LogP contribution in [0.5, 0.6) is 11.5 Å². The maximum atomic E-state index is 7.00. The monoisotopic (exact) mass is 772 g/mol. The molecule has 0 saturated carbocycles. The standard InChI is InChI=1S/C55H37N2OP/c59-41-30-26-38(27-31-41)57-51-24-11-8-19-45(51)46-34-39(29-33-52(46)57)56(37-16-5-2-6-17-37)40-28-32-44-43-18-7-9-21-47(43)55(50(44)35-40)48-22-10-12-25-53(48)58-54-42(20-13-23-49(54)55)36-14-3-1-4-15-36/h1-35H,59H2. The van der Waals surface area contributed by atoms with Crippen molar-refractivity contribution < 1.29 is 4.74 Å². The second-order valence-corrected chi connectivity index (χ2v) is 16.2. The molecule has 59 heavy (non-hydrogen) atoms. The molecule has 2 unspecified atom stereocenters. The van der Waals surface area contributed by atoms with Gasteiger partial charge in [0.25, 0.3) is 0 Å². The normalized spacial score (nSPS) is 14.7. The lowest BCUT2D eigenvalue weighted by atomic mass is 9.65. The van der Waals surface area contributed by atoms with Crippen molar-refractivity contribution in [1.29, 1.82) is 0 Å². The lowest BCUT2D eigenvalue weighted by Gasteiger charge is -2.40. The van der Waals surface area contributed by atoms with Crippen LogP contribution < -0.4 is 14.9 Å². The number of anilines is 3. The van der Waals surface area contributed by atoms with Crippen LogP contribution in [0.15, 0.2) is 212 Å². The van der Waals surface area contributed by atoms with Crippen LogP contribution in [0.3, 0.4) is 0 Å². The molecule has 1 aliphatic heterocycles. The Labute approximate surface area is 345 Å². The summed E-state index contributed by atoms with van der Waals surface area (Å²) >= 11 is 0. The van der Waals surface area contributed by atoms with E-state index in [4.69, 9.17) is 4.74 Å². The Kier molecular flexibility index (Phi) is 7.57. The Morgan fingerprint density at radius 3 is 1.90 bits per heavy atom. The first kappa shape index (κ1) is 33.9. The summed E-state index contributed by atoms with van der Waals surface area (Å²) in [5.41, 5.74) is 15.7. The summed E-state index contributed by atoms with van der Waals surface area (Å²) in [6.07, 6.45) is 0. The van der Waals surface area contributed by atoms with Crippen LogP contribution in [-0.2, 0) is 5.41 Å². The van der Waals surface area contributed by atoms with Crippen molar-refractivity contribution in [1.82, 2.24) is 4.57 Å². The number of benzene rings is 9. The number of fused-ring (bicyclic) bond motifs is 12. The summed E-state index contributed by atoms with van der Waals surface area (Å²) in [5, 5.41) is 3.60. The van der Waals surface area contributed by atoms with Crippen LogP contribution in [0, 0.1) is 0 Å². The highest BCUT2D eigenvalue weighted by molar-refractivity contribution is 7.27. The SMILES string of the molecule is Pc1ccc(-n2c3ccccc3c3cc(N(c4ccccc4)c4ccc5c(c4)C4(c6ccccc6Oc6c(-c7ccccc7)cccc64)c4ccccc4-5)ccc32)cc1. The van der Waals surface area contributed by atoms with Crippen molar-refractivity contribution >= 4 is 53.4 Å². The number of nitrogens with zero attached hydrogens (tertiary/aromatic N) is 2. The molecular formula is C55H37N2OP. The van der Waals surface area contributed by atoms with Gasteiger partial charge in [0.15, 0.2) is 0 Å². The molecule has 1 aromatic heterocycles. The van der Waals surface area contributed by atoms with Crippen LogP contribution in [0.25, 0.3) is 49.7 Å². The van der Waals surface area contributed by atoms with E-state index in [1.54, 1.807) is 0 Å². The van der Waals surface area contributed by atoms with Crippen LogP contribution in [0.4, 0.5) is 17.1 Å². The highest BCUT2D eigenvalue weighted by atomic mass is 31.0. The topological polar surface area (TPSA) is 17.4 Å². The molecule has 278 valence electrons. The molecule has 12 rings (SSSR count). The number of aromatic nitrogens is 1. The minimum Gasteiger partial charge on any atom is -0.456 e. The van der Waals surface area contributed by atoms with E-state index in [2.05, 4.69) is 231 Å². The molecule has 9 aromatic carbocycles. The van der Waals surface area contributed by atoms with Crippen LogP contribution in [-0.4, -0.2) is 4.57 Å². The quantitative estimate of drug-likeness (QED) is 0.162. The Bertz CT molecular complexity index is 3260. The largest absolute Gasteiger partial charge is 0.456 e. The molecule has 3 nitrogen and oxygen atoms in total. The van der Waals surface area contributed by atoms with Gasteiger partial charge in [0.05, 0.1) is 16.4 Å². The number of para-hydroxylation sites is 4. The summed E-state index contributed by atoms with van der Waals surface area (Å²) < 4.78 is 9.38. The highest BCUT2D eigenvalue weighted by Crippen LogP contribution is 2.63. The number of rotatable bonds is 5. The zero-order valence-electron chi connectivity index (χ0n) is 32.1. The van der Waals surface area contributed by atoms with Crippen molar-refractivity contribution in [2.45, 2.75) is 5.41 Å². The fourth-order valence-electron chi connectivity index (χ4n) is 9.92. The average molecular weight is 773 g/mol. The molecule has 0 saturated heterocycles. The zero-order chi connectivity index (χ0) is 39.1. The molecule has 2 heterocycles. The first-order chi connectivity index (χ1) is 29.2. The smallest absolute Gasteiger partial charge is 0.140 e. The molecule has 4 heteroatoms. The molecule has 0 radical (unpaired) electrons. The van der Waals surface area contributed by atoms with E-state index in [-0.39, 0.29) is 0 Å². The van der Waals surface area contributed by atoms with Gasteiger partial charge in [-0.3, -0.25) is 0 Å². The number of ether oxygens (including phenoxy) is 1.